The monoisotopic (exact) mass is 442 g/mol. The maximum atomic E-state index is 15.0. The topological polar surface area (TPSA) is 51.1 Å². The summed E-state index contributed by atoms with van der Waals surface area (Å²) in [5, 5.41) is 0.868. The molecule has 0 N–H and O–H groups in total. The number of hydrogen-bond acceptors (Lipinski definition) is 5. The summed E-state index contributed by atoms with van der Waals surface area (Å²) in [6, 6.07) is 7.33. The van der Waals surface area contributed by atoms with Crippen LogP contribution in [0.3, 0.4) is 0 Å². The number of piperidine rings is 1. The zero-order valence-corrected chi connectivity index (χ0v) is 17.0. The number of benzene rings is 1. The van der Waals surface area contributed by atoms with E-state index in [4.69, 9.17) is 4.74 Å². The Morgan fingerprint density at radius 1 is 1.07 bits per heavy atom. The summed E-state index contributed by atoms with van der Waals surface area (Å²) in [5.41, 5.74) is 2.45. The van der Waals surface area contributed by atoms with E-state index in [1.165, 1.54) is 12.4 Å². The summed E-state index contributed by atoms with van der Waals surface area (Å²) < 4.78 is 21.5. The third-order valence-electron chi connectivity index (χ3n) is 6.00. The number of nitrogens with zero attached hydrogens (tertiary/aromatic N) is 4. The Kier molecular flexibility index (Phi) is 4.51. The first-order valence-electron chi connectivity index (χ1n) is 9.53. The molecule has 1 aromatic carbocycles. The van der Waals surface area contributed by atoms with Gasteiger partial charge in [0.15, 0.2) is 11.6 Å². The number of halogens is 2. The summed E-state index contributed by atoms with van der Waals surface area (Å²) in [6.45, 7) is 3.32. The fourth-order valence-electron chi connectivity index (χ4n) is 4.29. The van der Waals surface area contributed by atoms with Crippen molar-refractivity contribution in [3.63, 3.8) is 0 Å². The highest BCUT2D eigenvalue weighted by molar-refractivity contribution is 9.10. The smallest absolute Gasteiger partial charge is 0.166 e. The van der Waals surface area contributed by atoms with E-state index >= 15 is 0 Å². The van der Waals surface area contributed by atoms with Crippen molar-refractivity contribution >= 4 is 32.7 Å². The van der Waals surface area contributed by atoms with Crippen LogP contribution in [-0.4, -0.2) is 41.3 Å². The van der Waals surface area contributed by atoms with Gasteiger partial charge < -0.3 is 9.64 Å². The second kappa shape index (κ2) is 7.04. The lowest BCUT2D eigenvalue weighted by Gasteiger charge is -2.38. The molecule has 4 heterocycles. The summed E-state index contributed by atoms with van der Waals surface area (Å²) in [7, 11) is 0. The molecule has 0 bridgehead atoms. The highest BCUT2D eigenvalue weighted by atomic mass is 79.9. The van der Waals surface area contributed by atoms with Gasteiger partial charge in [-0.1, -0.05) is 15.9 Å². The van der Waals surface area contributed by atoms with E-state index in [2.05, 4.69) is 35.8 Å². The third kappa shape index (κ3) is 3.16. The first kappa shape index (κ1) is 17.9. The zero-order valence-electron chi connectivity index (χ0n) is 15.4. The molecule has 1 spiro atoms. The normalized spacial score (nSPS) is 18.9. The van der Waals surface area contributed by atoms with Crippen molar-refractivity contribution in [3.05, 3.63) is 47.1 Å². The average molecular weight is 443 g/mol. The molecule has 144 valence electrons. The number of ether oxygens (including phenoxy) is 1. The van der Waals surface area contributed by atoms with E-state index < -0.39 is 0 Å². The predicted octanol–water partition coefficient (Wildman–Crippen LogP) is 4.60. The minimum Gasteiger partial charge on any atom is -0.381 e. The van der Waals surface area contributed by atoms with Crippen molar-refractivity contribution in [2.45, 2.75) is 19.3 Å². The lowest BCUT2D eigenvalue weighted by Crippen LogP contribution is -2.41. The van der Waals surface area contributed by atoms with E-state index in [-0.39, 0.29) is 5.82 Å². The fraction of sp³-hybridized carbons (Fsp3) is 0.381. The van der Waals surface area contributed by atoms with Crippen LogP contribution in [-0.2, 0) is 4.74 Å². The van der Waals surface area contributed by atoms with Crippen molar-refractivity contribution in [2.24, 2.45) is 5.41 Å². The van der Waals surface area contributed by atoms with E-state index in [1.807, 2.05) is 18.2 Å². The molecule has 0 radical (unpaired) electrons. The zero-order chi connectivity index (χ0) is 19.1. The summed E-state index contributed by atoms with van der Waals surface area (Å²) >= 11 is 3.48. The van der Waals surface area contributed by atoms with Crippen LogP contribution in [0.25, 0.3) is 22.2 Å². The van der Waals surface area contributed by atoms with E-state index in [0.717, 1.165) is 60.9 Å². The molecule has 0 atom stereocenters. The number of anilines is 1. The molecular formula is C21H20BrFN4O. The van der Waals surface area contributed by atoms with Gasteiger partial charge >= 0.3 is 0 Å². The lowest BCUT2D eigenvalue weighted by atomic mass is 9.78. The van der Waals surface area contributed by atoms with E-state index in [1.54, 1.807) is 6.20 Å². The first-order chi connectivity index (χ1) is 13.6. The molecule has 0 saturated carbocycles. The first-order valence-corrected chi connectivity index (χ1v) is 10.3. The predicted molar refractivity (Wildman–Crippen MR) is 110 cm³/mol. The molecule has 3 aromatic rings. The van der Waals surface area contributed by atoms with Crippen LogP contribution in [0.4, 0.5) is 10.2 Å². The molecule has 2 aliphatic heterocycles. The van der Waals surface area contributed by atoms with Gasteiger partial charge in [0.1, 0.15) is 6.33 Å². The van der Waals surface area contributed by atoms with Gasteiger partial charge in [-0.25, -0.2) is 19.3 Å². The Morgan fingerprint density at radius 3 is 2.68 bits per heavy atom. The maximum Gasteiger partial charge on any atom is 0.166 e. The molecule has 0 amide bonds. The van der Waals surface area contributed by atoms with E-state index in [9.17, 15) is 4.39 Å². The van der Waals surface area contributed by atoms with Crippen LogP contribution in [0.2, 0.25) is 0 Å². The van der Waals surface area contributed by atoms with Crippen LogP contribution >= 0.6 is 15.9 Å². The van der Waals surface area contributed by atoms with Gasteiger partial charge in [-0.2, -0.15) is 0 Å². The van der Waals surface area contributed by atoms with Crippen molar-refractivity contribution in [1.29, 1.82) is 0 Å². The average Bonchev–Trinajstić information content (AvgIpc) is 3.16. The Bertz CT molecular complexity index is 1030. The Morgan fingerprint density at radius 2 is 1.93 bits per heavy atom. The molecule has 0 aliphatic carbocycles. The van der Waals surface area contributed by atoms with Crippen molar-refractivity contribution in [3.8, 4) is 11.3 Å². The molecule has 2 aliphatic rings. The number of pyridine rings is 1. The van der Waals surface area contributed by atoms with Gasteiger partial charge in [0.05, 0.1) is 17.8 Å². The number of hydrogen-bond donors (Lipinski definition) is 0. The molecule has 2 fully saturated rings. The number of rotatable bonds is 2. The second-order valence-corrected chi connectivity index (χ2v) is 8.62. The molecular weight excluding hydrogens is 423 g/mol. The summed E-state index contributed by atoms with van der Waals surface area (Å²) in [5.74, 6) is 0.120. The van der Waals surface area contributed by atoms with Crippen LogP contribution < -0.4 is 4.90 Å². The largest absolute Gasteiger partial charge is 0.381 e. The third-order valence-corrected chi connectivity index (χ3v) is 6.49. The van der Waals surface area contributed by atoms with Crippen molar-refractivity contribution < 1.29 is 9.13 Å². The number of fused-ring (bicyclic) bond motifs is 1. The second-order valence-electron chi connectivity index (χ2n) is 7.70. The lowest BCUT2D eigenvalue weighted by molar-refractivity contribution is 0.133. The van der Waals surface area contributed by atoms with Gasteiger partial charge in [0.2, 0.25) is 0 Å². The minimum atomic E-state index is -0.308. The van der Waals surface area contributed by atoms with Crippen LogP contribution in [0, 0.1) is 11.2 Å². The van der Waals surface area contributed by atoms with Crippen LogP contribution in [0.5, 0.6) is 0 Å². The van der Waals surface area contributed by atoms with Gasteiger partial charge in [-0.3, -0.25) is 0 Å². The molecule has 7 heteroatoms. The van der Waals surface area contributed by atoms with Crippen LogP contribution in [0.15, 0.2) is 41.3 Å². The fourth-order valence-corrected chi connectivity index (χ4v) is 4.65. The molecule has 0 unspecified atom stereocenters. The summed E-state index contributed by atoms with van der Waals surface area (Å²) in [6.07, 6.45) is 6.39. The Hall–Kier alpha value is -2.12. The Labute approximate surface area is 171 Å². The minimum absolute atomic E-state index is 0.292. The number of aromatic nitrogens is 3. The maximum absolute atomic E-state index is 15.0. The molecule has 2 saturated heterocycles. The SMILES string of the molecule is Fc1cc(-c2ncnc3ccc(Br)cc23)cnc1N1CCC2(CCOC2)CC1. The van der Waals surface area contributed by atoms with Gasteiger partial charge in [0, 0.05) is 41.3 Å². The summed E-state index contributed by atoms with van der Waals surface area (Å²) in [4.78, 5) is 15.2. The van der Waals surface area contributed by atoms with Gasteiger partial charge in [0.25, 0.3) is 0 Å². The standard InChI is InChI=1S/C21H20BrFN4O/c22-15-1-2-18-16(10-15)19(26-13-25-18)14-9-17(23)20(24-11-14)27-6-3-21(4-7-27)5-8-28-12-21/h1-2,9-11,13H,3-8,12H2. The highest BCUT2D eigenvalue weighted by Crippen LogP contribution is 2.40. The van der Waals surface area contributed by atoms with Crippen LogP contribution in [0.1, 0.15) is 19.3 Å². The Balaban J connectivity index is 1.44. The molecule has 5 nitrogen and oxygen atoms in total. The van der Waals surface area contributed by atoms with Crippen molar-refractivity contribution in [1.82, 2.24) is 15.0 Å². The van der Waals surface area contributed by atoms with Crippen molar-refractivity contribution in [2.75, 3.05) is 31.2 Å². The molecule has 5 rings (SSSR count). The molecule has 2 aromatic heterocycles. The molecule has 28 heavy (non-hydrogen) atoms. The van der Waals surface area contributed by atoms with Gasteiger partial charge in [-0.05, 0) is 48.9 Å². The van der Waals surface area contributed by atoms with Gasteiger partial charge in [-0.15, -0.1) is 0 Å². The highest BCUT2D eigenvalue weighted by Gasteiger charge is 2.38. The van der Waals surface area contributed by atoms with E-state index in [0.29, 0.717) is 22.5 Å². The quantitative estimate of drug-likeness (QED) is 0.580.